The number of halogens is 3. The Morgan fingerprint density at radius 2 is 1.71 bits per heavy atom. The van der Waals surface area contributed by atoms with Crippen LogP contribution in [0.1, 0.15) is 10.4 Å². The first-order valence-electron chi connectivity index (χ1n) is 9.55. The molecule has 1 N–H and O–H groups in total. The van der Waals surface area contributed by atoms with E-state index in [1.165, 1.54) is 49.6 Å². The van der Waals surface area contributed by atoms with Crippen molar-refractivity contribution >= 4 is 17.5 Å². The molecule has 0 spiro atoms. The molecule has 166 valence electrons. The van der Waals surface area contributed by atoms with E-state index in [9.17, 15) is 22.8 Å². The zero-order chi connectivity index (χ0) is 22.4. The number of benzene rings is 2. The molecule has 2 aromatic carbocycles. The van der Waals surface area contributed by atoms with Crippen molar-refractivity contribution in [2.24, 2.45) is 0 Å². The monoisotopic (exact) mass is 437 g/mol. The van der Waals surface area contributed by atoms with Gasteiger partial charge in [-0.2, -0.15) is 8.78 Å². The van der Waals surface area contributed by atoms with Gasteiger partial charge in [-0.05, 0) is 42.5 Å². The van der Waals surface area contributed by atoms with Crippen molar-refractivity contribution in [1.82, 2.24) is 9.80 Å². The van der Waals surface area contributed by atoms with Gasteiger partial charge in [0.15, 0.2) is 11.5 Å². The van der Waals surface area contributed by atoms with Crippen LogP contribution in [0.2, 0.25) is 0 Å². The number of amides is 2. The second-order valence-electron chi connectivity index (χ2n) is 6.87. The normalized spacial score (nSPS) is 14.4. The van der Waals surface area contributed by atoms with Crippen LogP contribution in [0.4, 0.5) is 18.9 Å². The highest BCUT2D eigenvalue weighted by Crippen LogP contribution is 2.30. The molecule has 0 radical (unpaired) electrons. The maximum absolute atomic E-state index is 12.9. The van der Waals surface area contributed by atoms with Crippen LogP contribution < -0.4 is 14.8 Å². The summed E-state index contributed by atoms with van der Waals surface area (Å²) in [4.78, 5) is 28.4. The maximum Gasteiger partial charge on any atom is 0.387 e. The van der Waals surface area contributed by atoms with Gasteiger partial charge in [0.05, 0.1) is 13.7 Å². The highest BCUT2D eigenvalue weighted by atomic mass is 19.3. The lowest BCUT2D eigenvalue weighted by molar-refractivity contribution is -0.117. The second kappa shape index (κ2) is 10.2. The van der Waals surface area contributed by atoms with E-state index in [0.717, 1.165) is 0 Å². The van der Waals surface area contributed by atoms with Gasteiger partial charge in [-0.3, -0.25) is 14.5 Å². The third kappa shape index (κ3) is 6.11. The first kappa shape index (κ1) is 22.4. The number of carbonyl (C=O) groups excluding carboxylic acids is 2. The molecule has 31 heavy (non-hydrogen) atoms. The van der Waals surface area contributed by atoms with Gasteiger partial charge < -0.3 is 19.7 Å². The number of alkyl halides is 2. The van der Waals surface area contributed by atoms with Crippen molar-refractivity contribution < 1.29 is 32.2 Å². The first-order chi connectivity index (χ1) is 14.9. The van der Waals surface area contributed by atoms with Gasteiger partial charge in [-0.1, -0.05) is 0 Å². The fourth-order valence-corrected chi connectivity index (χ4v) is 3.23. The Balaban J connectivity index is 1.53. The molecule has 1 aliphatic rings. The number of piperazine rings is 1. The summed E-state index contributed by atoms with van der Waals surface area (Å²) < 4.78 is 47.5. The van der Waals surface area contributed by atoms with E-state index in [-0.39, 0.29) is 41.2 Å². The van der Waals surface area contributed by atoms with Crippen LogP contribution >= 0.6 is 0 Å². The van der Waals surface area contributed by atoms with Crippen molar-refractivity contribution in [3.63, 3.8) is 0 Å². The molecular formula is C21H22F3N3O4. The van der Waals surface area contributed by atoms with Crippen LogP contribution in [0.15, 0.2) is 42.5 Å². The zero-order valence-corrected chi connectivity index (χ0v) is 16.8. The van der Waals surface area contributed by atoms with E-state index >= 15 is 0 Å². The summed E-state index contributed by atoms with van der Waals surface area (Å²) in [5.74, 6) is -1.05. The Bertz CT molecular complexity index is 917. The average molecular weight is 437 g/mol. The Morgan fingerprint density at radius 1 is 1.03 bits per heavy atom. The Labute approximate surface area is 177 Å². The largest absolute Gasteiger partial charge is 0.493 e. The molecule has 3 rings (SSSR count). The number of ether oxygens (including phenoxy) is 2. The summed E-state index contributed by atoms with van der Waals surface area (Å²) >= 11 is 0. The summed E-state index contributed by atoms with van der Waals surface area (Å²) in [7, 11) is 1.32. The van der Waals surface area contributed by atoms with Crippen LogP contribution in [0.25, 0.3) is 0 Å². The first-order valence-corrected chi connectivity index (χ1v) is 9.55. The van der Waals surface area contributed by atoms with Crippen molar-refractivity contribution in [2.45, 2.75) is 6.61 Å². The summed E-state index contributed by atoms with van der Waals surface area (Å²) in [5, 5.41) is 2.69. The Morgan fingerprint density at radius 3 is 2.32 bits per heavy atom. The highest BCUT2D eigenvalue weighted by molar-refractivity contribution is 5.95. The van der Waals surface area contributed by atoms with E-state index in [0.29, 0.717) is 31.9 Å². The quantitative estimate of drug-likeness (QED) is 0.722. The maximum atomic E-state index is 12.9. The second-order valence-corrected chi connectivity index (χ2v) is 6.87. The molecule has 0 aliphatic carbocycles. The Hall–Kier alpha value is -3.27. The minimum Gasteiger partial charge on any atom is -0.493 e. The molecule has 0 bridgehead atoms. The van der Waals surface area contributed by atoms with Crippen LogP contribution in [0.3, 0.4) is 0 Å². The van der Waals surface area contributed by atoms with E-state index < -0.39 is 6.61 Å². The molecule has 0 atom stereocenters. The number of nitrogens with zero attached hydrogens (tertiary/aromatic N) is 2. The summed E-state index contributed by atoms with van der Waals surface area (Å²) in [6.45, 7) is -1.21. The lowest BCUT2D eigenvalue weighted by atomic mass is 10.1. The van der Waals surface area contributed by atoms with E-state index in [4.69, 9.17) is 4.74 Å². The molecule has 1 aliphatic heterocycles. The Kier molecular flexibility index (Phi) is 7.35. The molecule has 1 heterocycles. The van der Waals surface area contributed by atoms with Crippen molar-refractivity contribution in [2.75, 3.05) is 45.2 Å². The molecule has 1 fully saturated rings. The van der Waals surface area contributed by atoms with Gasteiger partial charge in [0.25, 0.3) is 5.91 Å². The molecule has 0 saturated carbocycles. The minimum absolute atomic E-state index is 0.105. The van der Waals surface area contributed by atoms with Crippen molar-refractivity contribution in [3.05, 3.63) is 53.8 Å². The molecule has 0 unspecified atom stereocenters. The number of nitrogens with one attached hydrogen (secondary N) is 1. The summed E-state index contributed by atoms with van der Waals surface area (Å²) in [5.41, 5.74) is 0.709. The lowest BCUT2D eigenvalue weighted by Gasteiger charge is -2.34. The SMILES string of the molecule is COc1ccc(C(=O)N2CCN(CC(=O)Nc3ccc(F)cc3)CC2)cc1OC(F)F. The van der Waals surface area contributed by atoms with Gasteiger partial charge in [0.2, 0.25) is 5.91 Å². The van der Waals surface area contributed by atoms with Crippen LogP contribution in [0, 0.1) is 5.82 Å². The topological polar surface area (TPSA) is 71.1 Å². The number of hydrogen-bond donors (Lipinski definition) is 1. The molecule has 10 heteroatoms. The number of rotatable bonds is 7. The average Bonchev–Trinajstić information content (AvgIpc) is 2.75. The van der Waals surface area contributed by atoms with Crippen LogP contribution in [-0.2, 0) is 4.79 Å². The fraction of sp³-hybridized carbons (Fsp3) is 0.333. The number of anilines is 1. The molecular weight excluding hydrogens is 415 g/mol. The predicted octanol–water partition coefficient (Wildman–Crippen LogP) is 2.83. The summed E-state index contributed by atoms with van der Waals surface area (Å²) in [6.07, 6.45) is 0. The van der Waals surface area contributed by atoms with Crippen LogP contribution in [-0.4, -0.2) is 68.1 Å². The summed E-state index contributed by atoms with van der Waals surface area (Å²) in [6, 6.07) is 9.60. The van der Waals surface area contributed by atoms with E-state index in [1.807, 2.05) is 4.90 Å². The molecule has 2 amide bonds. The zero-order valence-electron chi connectivity index (χ0n) is 16.8. The van der Waals surface area contributed by atoms with Gasteiger partial charge >= 0.3 is 6.61 Å². The molecule has 7 nitrogen and oxygen atoms in total. The molecule has 2 aromatic rings. The number of hydrogen-bond acceptors (Lipinski definition) is 5. The minimum atomic E-state index is -3.04. The van der Waals surface area contributed by atoms with Gasteiger partial charge in [0, 0.05) is 37.4 Å². The third-order valence-corrected chi connectivity index (χ3v) is 4.78. The van der Waals surface area contributed by atoms with E-state index in [1.54, 1.807) is 4.90 Å². The lowest BCUT2D eigenvalue weighted by Crippen LogP contribution is -2.50. The molecule has 0 aromatic heterocycles. The molecule has 1 saturated heterocycles. The van der Waals surface area contributed by atoms with Gasteiger partial charge in [0.1, 0.15) is 5.82 Å². The van der Waals surface area contributed by atoms with Crippen molar-refractivity contribution in [3.8, 4) is 11.5 Å². The third-order valence-electron chi connectivity index (χ3n) is 4.78. The van der Waals surface area contributed by atoms with Crippen molar-refractivity contribution in [1.29, 1.82) is 0 Å². The highest BCUT2D eigenvalue weighted by Gasteiger charge is 2.24. The van der Waals surface area contributed by atoms with E-state index in [2.05, 4.69) is 10.1 Å². The smallest absolute Gasteiger partial charge is 0.387 e. The van der Waals surface area contributed by atoms with Gasteiger partial charge in [-0.15, -0.1) is 0 Å². The van der Waals surface area contributed by atoms with Gasteiger partial charge in [-0.25, -0.2) is 4.39 Å². The standard InChI is InChI=1S/C21H22F3N3O4/c1-30-17-7-2-14(12-18(17)31-21(23)24)20(29)27-10-8-26(9-11-27)13-19(28)25-16-5-3-15(22)4-6-16/h2-7,12,21H,8-11,13H2,1H3,(H,25,28). The fourth-order valence-electron chi connectivity index (χ4n) is 3.23. The number of methoxy groups -OCH3 is 1. The number of carbonyl (C=O) groups is 2. The predicted molar refractivity (Wildman–Crippen MR) is 107 cm³/mol. The van der Waals surface area contributed by atoms with Crippen LogP contribution in [0.5, 0.6) is 11.5 Å².